The van der Waals surface area contributed by atoms with E-state index in [1.165, 1.54) is 32.2 Å². The van der Waals surface area contributed by atoms with Crippen LogP contribution in [0.5, 0.6) is 5.75 Å². The molecule has 0 atom stereocenters. The second-order valence-corrected chi connectivity index (χ2v) is 5.22. The highest BCUT2D eigenvalue weighted by Gasteiger charge is 2.28. The summed E-state index contributed by atoms with van der Waals surface area (Å²) in [6.07, 6.45) is 1.50. The molecule has 21 heavy (non-hydrogen) atoms. The zero-order valence-electron chi connectivity index (χ0n) is 11.6. The van der Waals surface area contributed by atoms with Crippen LogP contribution in [0, 0.1) is 15.5 Å². The van der Waals surface area contributed by atoms with E-state index in [1.54, 1.807) is 12.1 Å². The number of rotatable bonds is 5. The van der Waals surface area contributed by atoms with Gasteiger partial charge in [0.1, 0.15) is 17.9 Å². The highest BCUT2D eigenvalue weighted by molar-refractivity contribution is 5.92. The summed E-state index contributed by atoms with van der Waals surface area (Å²) in [5, 5.41) is 20.4. The highest BCUT2D eigenvalue weighted by atomic mass is 16.6. The van der Waals surface area contributed by atoms with E-state index in [4.69, 9.17) is 9.84 Å². The van der Waals surface area contributed by atoms with E-state index in [9.17, 15) is 14.9 Å². The molecule has 1 aromatic carbocycles. The number of pyridine rings is 1. The molecule has 0 aliphatic heterocycles. The van der Waals surface area contributed by atoms with Gasteiger partial charge < -0.3 is 9.84 Å². The van der Waals surface area contributed by atoms with E-state index < -0.39 is 16.3 Å². The zero-order valence-corrected chi connectivity index (χ0v) is 11.6. The number of non-ortho nitro benzene ring substituents is 1. The number of fused-ring (bicyclic) bond motifs is 1. The first kappa shape index (κ1) is 14.7. The van der Waals surface area contributed by atoms with Crippen molar-refractivity contribution in [1.29, 1.82) is 0 Å². The summed E-state index contributed by atoms with van der Waals surface area (Å²) in [4.78, 5) is 25.7. The monoisotopic (exact) mass is 290 g/mol. The smallest absolute Gasteiger partial charge is 0.312 e. The second kappa shape index (κ2) is 5.35. The molecule has 2 rings (SSSR count). The second-order valence-electron chi connectivity index (χ2n) is 5.22. The standard InChI is InChI=1S/C14H14N2O5/c1-14(2,13(17)18)8-21-11-6-5-10(16(19)20)9-4-3-7-15-12(9)11/h3-7H,8H2,1-2H3,(H,17,18). The van der Waals surface area contributed by atoms with Gasteiger partial charge >= 0.3 is 5.97 Å². The number of benzene rings is 1. The minimum absolute atomic E-state index is 0.0637. The van der Waals surface area contributed by atoms with Crippen molar-refractivity contribution >= 4 is 22.6 Å². The van der Waals surface area contributed by atoms with Gasteiger partial charge in [-0.25, -0.2) is 0 Å². The number of carboxylic acids is 1. The van der Waals surface area contributed by atoms with E-state index in [0.29, 0.717) is 16.7 Å². The SMILES string of the molecule is CC(C)(COc1ccc([N+](=O)[O-])c2cccnc12)C(=O)O. The van der Waals surface area contributed by atoms with Crippen molar-refractivity contribution in [2.24, 2.45) is 5.41 Å². The van der Waals surface area contributed by atoms with Gasteiger partial charge in [0.25, 0.3) is 5.69 Å². The van der Waals surface area contributed by atoms with Gasteiger partial charge in [0.2, 0.25) is 0 Å². The first-order chi connectivity index (χ1) is 9.83. The summed E-state index contributed by atoms with van der Waals surface area (Å²) in [7, 11) is 0. The van der Waals surface area contributed by atoms with Gasteiger partial charge in [-0.05, 0) is 32.0 Å². The maximum atomic E-state index is 11.1. The Hall–Kier alpha value is -2.70. The van der Waals surface area contributed by atoms with Crippen molar-refractivity contribution in [3.05, 3.63) is 40.6 Å². The fourth-order valence-electron chi connectivity index (χ4n) is 1.73. The van der Waals surface area contributed by atoms with Crippen molar-refractivity contribution in [3.63, 3.8) is 0 Å². The summed E-state index contributed by atoms with van der Waals surface area (Å²) in [5.74, 6) is -0.660. The zero-order chi connectivity index (χ0) is 15.6. The fourth-order valence-corrected chi connectivity index (χ4v) is 1.73. The van der Waals surface area contributed by atoms with Crippen LogP contribution in [0.15, 0.2) is 30.5 Å². The van der Waals surface area contributed by atoms with Crippen molar-refractivity contribution in [3.8, 4) is 5.75 Å². The molecule has 0 aliphatic carbocycles. The number of nitro groups is 1. The third-order valence-corrected chi connectivity index (χ3v) is 3.07. The summed E-state index contributed by atoms with van der Waals surface area (Å²) in [5.41, 5.74) is -0.793. The topological polar surface area (TPSA) is 103 Å². The van der Waals surface area contributed by atoms with Crippen molar-refractivity contribution in [2.75, 3.05) is 6.61 Å². The van der Waals surface area contributed by atoms with E-state index in [-0.39, 0.29) is 12.3 Å². The average Bonchev–Trinajstić information content (AvgIpc) is 2.44. The number of aromatic nitrogens is 1. The van der Waals surface area contributed by atoms with Gasteiger partial charge in [0.15, 0.2) is 0 Å². The lowest BCUT2D eigenvalue weighted by Crippen LogP contribution is -2.30. The number of nitrogens with zero attached hydrogens (tertiary/aromatic N) is 2. The van der Waals surface area contributed by atoms with Crippen LogP contribution >= 0.6 is 0 Å². The molecule has 7 nitrogen and oxygen atoms in total. The Balaban J connectivity index is 2.40. The number of hydrogen-bond acceptors (Lipinski definition) is 5. The van der Waals surface area contributed by atoms with Crippen LogP contribution in [0.1, 0.15) is 13.8 Å². The van der Waals surface area contributed by atoms with Crippen LogP contribution in [0.3, 0.4) is 0 Å². The molecule has 0 fully saturated rings. The molecule has 110 valence electrons. The highest BCUT2D eigenvalue weighted by Crippen LogP contribution is 2.32. The molecule has 0 bridgehead atoms. The summed E-state index contributed by atoms with van der Waals surface area (Å²) in [6, 6.07) is 5.94. The Morgan fingerprint density at radius 3 is 2.76 bits per heavy atom. The maximum Gasteiger partial charge on any atom is 0.312 e. The van der Waals surface area contributed by atoms with Crippen LogP contribution in [-0.4, -0.2) is 27.6 Å². The van der Waals surface area contributed by atoms with Gasteiger partial charge in [-0.3, -0.25) is 19.9 Å². The van der Waals surface area contributed by atoms with Crippen molar-refractivity contribution < 1.29 is 19.6 Å². The molecule has 0 saturated heterocycles. The molecule has 2 aromatic rings. The van der Waals surface area contributed by atoms with Crippen LogP contribution in [0.25, 0.3) is 10.9 Å². The number of carboxylic acid groups (broad SMARTS) is 1. The molecule has 1 heterocycles. The van der Waals surface area contributed by atoms with Crippen LogP contribution in [0.4, 0.5) is 5.69 Å². The van der Waals surface area contributed by atoms with Crippen molar-refractivity contribution in [2.45, 2.75) is 13.8 Å². The number of hydrogen-bond donors (Lipinski definition) is 1. The summed E-state index contributed by atoms with van der Waals surface area (Å²) in [6.45, 7) is 3.01. The first-order valence-electron chi connectivity index (χ1n) is 6.21. The first-order valence-corrected chi connectivity index (χ1v) is 6.21. The van der Waals surface area contributed by atoms with E-state index in [1.807, 2.05) is 0 Å². The number of ether oxygens (including phenoxy) is 1. The van der Waals surface area contributed by atoms with E-state index in [0.717, 1.165) is 0 Å². The minimum Gasteiger partial charge on any atom is -0.490 e. The Morgan fingerprint density at radius 1 is 1.43 bits per heavy atom. The van der Waals surface area contributed by atoms with Gasteiger partial charge in [-0.2, -0.15) is 0 Å². The van der Waals surface area contributed by atoms with Crippen LogP contribution < -0.4 is 4.74 Å². The molecule has 1 N–H and O–H groups in total. The lowest BCUT2D eigenvalue weighted by atomic mass is 9.95. The number of aliphatic carboxylic acids is 1. The molecular weight excluding hydrogens is 276 g/mol. The quantitative estimate of drug-likeness (QED) is 0.670. The normalized spacial score (nSPS) is 11.3. The molecule has 0 spiro atoms. The lowest BCUT2D eigenvalue weighted by molar-refractivity contribution is -0.383. The van der Waals surface area contributed by atoms with Gasteiger partial charge in [0.05, 0.1) is 15.7 Å². The van der Waals surface area contributed by atoms with Crippen LogP contribution in [-0.2, 0) is 4.79 Å². The third kappa shape index (κ3) is 2.91. The van der Waals surface area contributed by atoms with Gasteiger partial charge in [-0.15, -0.1) is 0 Å². The summed E-state index contributed by atoms with van der Waals surface area (Å²) < 4.78 is 5.51. The minimum atomic E-state index is -1.07. The van der Waals surface area contributed by atoms with E-state index >= 15 is 0 Å². The molecule has 0 aliphatic rings. The predicted octanol–water partition coefficient (Wildman–Crippen LogP) is 2.63. The molecular formula is C14H14N2O5. The third-order valence-electron chi connectivity index (χ3n) is 3.07. The molecule has 0 unspecified atom stereocenters. The molecule has 0 saturated carbocycles. The maximum absolute atomic E-state index is 11.1. The Labute approximate surface area is 120 Å². The number of nitro benzene ring substituents is 1. The van der Waals surface area contributed by atoms with Gasteiger partial charge in [-0.1, -0.05) is 0 Å². The van der Waals surface area contributed by atoms with Crippen molar-refractivity contribution in [1.82, 2.24) is 4.98 Å². The summed E-state index contributed by atoms with van der Waals surface area (Å²) >= 11 is 0. The molecule has 1 aromatic heterocycles. The number of carbonyl (C=O) groups is 1. The van der Waals surface area contributed by atoms with Gasteiger partial charge in [0, 0.05) is 12.3 Å². The predicted molar refractivity (Wildman–Crippen MR) is 75.3 cm³/mol. The largest absolute Gasteiger partial charge is 0.490 e. The van der Waals surface area contributed by atoms with Crippen LogP contribution in [0.2, 0.25) is 0 Å². The Bertz CT molecular complexity index is 712. The molecule has 0 amide bonds. The molecule has 7 heteroatoms. The average molecular weight is 290 g/mol. The fraction of sp³-hybridized carbons (Fsp3) is 0.286. The molecule has 0 radical (unpaired) electrons. The van der Waals surface area contributed by atoms with E-state index in [2.05, 4.69) is 4.98 Å². The Morgan fingerprint density at radius 2 is 2.14 bits per heavy atom. The Kier molecular flexibility index (Phi) is 3.75. The lowest BCUT2D eigenvalue weighted by Gasteiger charge is -2.19.